The number of alkyl halides is 3. The van der Waals surface area contributed by atoms with Gasteiger partial charge in [0.25, 0.3) is 0 Å². The summed E-state index contributed by atoms with van der Waals surface area (Å²) >= 11 is 0. The van der Waals surface area contributed by atoms with Gasteiger partial charge in [0.05, 0.1) is 0 Å². The highest BCUT2D eigenvalue weighted by atomic mass is 127. The van der Waals surface area contributed by atoms with E-state index in [2.05, 4.69) is 25.3 Å². The van der Waals surface area contributed by atoms with E-state index < -0.39 is 12.8 Å². The molecule has 0 aliphatic heterocycles. The molecule has 0 fully saturated rings. The number of guanidine groups is 1. The van der Waals surface area contributed by atoms with E-state index >= 15 is 0 Å². The predicted molar refractivity (Wildman–Crippen MR) is 110 cm³/mol. The van der Waals surface area contributed by atoms with Gasteiger partial charge in [-0.15, -0.1) is 24.0 Å². The number of pyridine rings is 1. The predicted octanol–water partition coefficient (Wildman–Crippen LogP) is 3.69. The van der Waals surface area contributed by atoms with E-state index in [1.807, 2.05) is 0 Å². The highest BCUT2D eigenvalue weighted by Gasteiger charge is 2.28. The molecule has 1 aromatic heterocycles. The lowest BCUT2D eigenvalue weighted by molar-refractivity contribution is -0.154. The van der Waals surface area contributed by atoms with Crippen molar-refractivity contribution in [2.45, 2.75) is 19.1 Å². The number of benzene rings is 1. The van der Waals surface area contributed by atoms with Crippen LogP contribution in [0.25, 0.3) is 0 Å². The third-order valence-corrected chi connectivity index (χ3v) is 3.51. The Morgan fingerprint density at radius 2 is 1.93 bits per heavy atom. The Morgan fingerprint density at radius 3 is 2.61 bits per heavy atom. The van der Waals surface area contributed by atoms with E-state index in [0.29, 0.717) is 36.6 Å². The molecule has 0 bridgehead atoms. The Balaban J connectivity index is 0.00000392. The summed E-state index contributed by atoms with van der Waals surface area (Å²) in [6.45, 7) is -0.614. The fourth-order valence-electron chi connectivity index (χ4n) is 2.22. The van der Waals surface area contributed by atoms with Crippen molar-refractivity contribution in [3.63, 3.8) is 0 Å². The summed E-state index contributed by atoms with van der Waals surface area (Å²) in [5, 5.41) is 6.08. The van der Waals surface area contributed by atoms with Gasteiger partial charge in [0, 0.05) is 32.4 Å². The van der Waals surface area contributed by atoms with E-state index in [1.165, 1.54) is 18.3 Å². The second-order valence-electron chi connectivity index (χ2n) is 5.60. The van der Waals surface area contributed by atoms with Gasteiger partial charge in [0.15, 0.2) is 12.6 Å². The number of halogens is 5. The number of hydrogen-bond acceptors (Lipinski definition) is 3. The van der Waals surface area contributed by atoms with Crippen LogP contribution >= 0.6 is 24.0 Å². The molecule has 0 aliphatic carbocycles. The summed E-state index contributed by atoms with van der Waals surface area (Å²) in [6, 6.07) is 9.60. The number of aliphatic imine (C=N–C) groups is 1. The summed E-state index contributed by atoms with van der Waals surface area (Å²) in [4.78, 5) is 7.80. The SMILES string of the molecule is CN=C(NCCc1ccccc1F)NCc1ccnc(OCC(F)(F)F)c1.I. The lowest BCUT2D eigenvalue weighted by atomic mass is 10.1. The van der Waals surface area contributed by atoms with Gasteiger partial charge in [-0.2, -0.15) is 13.2 Å². The van der Waals surface area contributed by atoms with Gasteiger partial charge < -0.3 is 15.4 Å². The van der Waals surface area contributed by atoms with Crippen molar-refractivity contribution in [2.24, 2.45) is 4.99 Å². The maximum Gasteiger partial charge on any atom is 0.422 e. The van der Waals surface area contributed by atoms with E-state index in [4.69, 9.17) is 0 Å². The van der Waals surface area contributed by atoms with Crippen molar-refractivity contribution in [1.82, 2.24) is 15.6 Å². The second kappa shape index (κ2) is 11.7. The molecule has 0 saturated heterocycles. The van der Waals surface area contributed by atoms with Gasteiger partial charge in [0.1, 0.15) is 5.82 Å². The smallest absolute Gasteiger partial charge is 0.422 e. The molecule has 0 radical (unpaired) electrons. The maximum absolute atomic E-state index is 13.6. The fourth-order valence-corrected chi connectivity index (χ4v) is 2.22. The van der Waals surface area contributed by atoms with Crippen molar-refractivity contribution in [3.05, 3.63) is 59.5 Å². The van der Waals surface area contributed by atoms with Crippen LogP contribution in [0.2, 0.25) is 0 Å². The zero-order chi connectivity index (χ0) is 19.7. The van der Waals surface area contributed by atoms with Crippen LogP contribution in [0.5, 0.6) is 5.88 Å². The van der Waals surface area contributed by atoms with Crippen LogP contribution < -0.4 is 15.4 Å². The first-order chi connectivity index (χ1) is 12.9. The van der Waals surface area contributed by atoms with E-state index in [0.717, 1.165) is 0 Å². The van der Waals surface area contributed by atoms with Crippen LogP contribution in [0.3, 0.4) is 0 Å². The Hall–Kier alpha value is -2.11. The van der Waals surface area contributed by atoms with E-state index in [1.54, 1.807) is 31.3 Å². The standard InChI is InChI=1S/C18H20F4N4O.HI/c1-23-17(25-9-7-14-4-2-3-5-15(14)19)26-11-13-6-8-24-16(10-13)27-12-18(20,21)22;/h2-6,8,10H,7,9,11-12H2,1H3,(H2,23,25,26);1H. The first kappa shape index (κ1) is 23.9. The van der Waals surface area contributed by atoms with Gasteiger partial charge in [0.2, 0.25) is 5.88 Å². The number of aromatic nitrogens is 1. The quantitative estimate of drug-likeness (QED) is 0.257. The van der Waals surface area contributed by atoms with Crippen molar-refractivity contribution in [3.8, 4) is 5.88 Å². The molecule has 0 aliphatic rings. The van der Waals surface area contributed by atoms with Crippen LogP contribution in [0.1, 0.15) is 11.1 Å². The molecule has 154 valence electrons. The molecule has 0 spiro atoms. The summed E-state index contributed by atoms with van der Waals surface area (Å²) in [7, 11) is 1.59. The van der Waals surface area contributed by atoms with E-state index in [-0.39, 0.29) is 35.7 Å². The number of rotatable bonds is 7. The summed E-state index contributed by atoms with van der Waals surface area (Å²) in [6.07, 6.45) is -2.56. The number of nitrogens with one attached hydrogen (secondary N) is 2. The normalized spacial score (nSPS) is 11.5. The number of ether oxygens (including phenoxy) is 1. The van der Waals surface area contributed by atoms with Crippen LogP contribution in [0.4, 0.5) is 17.6 Å². The lowest BCUT2D eigenvalue weighted by Gasteiger charge is -2.13. The molecule has 0 amide bonds. The average molecular weight is 512 g/mol. The van der Waals surface area contributed by atoms with Gasteiger partial charge in [-0.05, 0) is 29.7 Å². The molecular formula is C18H21F4IN4O. The zero-order valence-corrected chi connectivity index (χ0v) is 17.4. The third kappa shape index (κ3) is 8.72. The highest BCUT2D eigenvalue weighted by Crippen LogP contribution is 2.17. The first-order valence-electron chi connectivity index (χ1n) is 8.20. The van der Waals surface area contributed by atoms with Crippen molar-refractivity contribution in [1.29, 1.82) is 0 Å². The molecule has 5 nitrogen and oxygen atoms in total. The molecule has 0 unspecified atom stereocenters. The Bertz CT molecular complexity index is 771. The van der Waals surface area contributed by atoms with Gasteiger partial charge in [-0.3, -0.25) is 4.99 Å². The largest absolute Gasteiger partial charge is 0.468 e. The molecule has 1 heterocycles. The minimum absolute atomic E-state index is 0. The molecule has 2 rings (SSSR count). The Kier molecular flexibility index (Phi) is 9.97. The number of hydrogen-bond donors (Lipinski definition) is 2. The number of nitrogens with zero attached hydrogens (tertiary/aromatic N) is 2. The first-order valence-corrected chi connectivity index (χ1v) is 8.20. The maximum atomic E-state index is 13.6. The monoisotopic (exact) mass is 512 g/mol. The van der Waals surface area contributed by atoms with E-state index in [9.17, 15) is 17.6 Å². The molecule has 0 saturated carbocycles. The molecule has 10 heteroatoms. The highest BCUT2D eigenvalue weighted by molar-refractivity contribution is 14.0. The minimum Gasteiger partial charge on any atom is -0.468 e. The molecule has 2 aromatic rings. The topological polar surface area (TPSA) is 58.5 Å². The zero-order valence-electron chi connectivity index (χ0n) is 15.1. The minimum atomic E-state index is -4.42. The average Bonchev–Trinajstić information content (AvgIpc) is 2.64. The van der Waals surface area contributed by atoms with Gasteiger partial charge >= 0.3 is 6.18 Å². The third-order valence-electron chi connectivity index (χ3n) is 3.51. The summed E-state index contributed by atoms with van der Waals surface area (Å²) in [5.41, 5.74) is 1.28. The Morgan fingerprint density at radius 1 is 1.18 bits per heavy atom. The summed E-state index contributed by atoms with van der Waals surface area (Å²) < 4.78 is 54.8. The van der Waals surface area contributed by atoms with Gasteiger partial charge in [-0.25, -0.2) is 9.37 Å². The second-order valence-corrected chi connectivity index (χ2v) is 5.60. The van der Waals surface area contributed by atoms with Crippen LogP contribution in [-0.4, -0.2) is 37.3 Å². The summed E-state index contributed by atoms with van der Waals surface area (Å²) in [5.74, 6) is 0.125. The van der Waals surface area contributed by atoms with Crippen molar-refractivity contribution in [2.75, 3.05) is 20.2 Å². The molecule has 1 aromatic carbocycles. The Labute approximate surface area is 177 Å². The van der Waals surface area contributed by atoms with Crippen molar-refractivity contribution >= 4 is 29.9 Å². The molecular weight excluding hydrogens is 491 g/mol. The van der Waals surface area contributed by atoms with Crippen molar-refractivity contribution < 1.29 is 22.3 Å². The van der Waals surface area contributed by atoms with Crippen LogP contribution in [0, 0.1) is 5.82 Å². The van der Waals surface area contributed by atoms with Gasteiger partial charge in [-0.1, -0.05) is 18.2 Å². The molecule has 2 N–H and O–H groups in total. The van der Waals surface area contributed by atoms with Crippen LogP contribution in [-0.2, 0) is 13.0 Å². The molecule has 0 atom stereocenters. The molecule has 28 heavy (non-hydrogen) atoms. The fraction of sp³-hybridized carbons (Fsp3) is 0.333. The lowest BCUT2D eigenvalue weighted by Crippen LogP contribution is -2.37. The van der Waals surface area contributed by atoms with Crippen LogP contribution in [0.15, 0.2) is 47.6 Å².